The lowest BCUT2D eigenvalue weighted by Crippen LogP contribution is -2.44. The lowest BCUT2D eigenvalue weighted by atomic mass is 10.1. The number of nitrogens with zero attached hydrogens (tertiary/aromatic N) is 6. The molecule has 0 bridgehead atoms. The van der Waals surface area contributed by atoms with Crippen LogP contribution in [-0.2, 0) is 91.8 Å². The van der Waals surface area contributed by atoms with Crippen molar-refractivity contribution in [2.24, 2.45) is 11.5 Å². The molecule has 0 saturated carbocycles. The number of anilines is 2. The highest BCUT2D eigenvalue weighted by atomic mass is 32.1. The lowest BCUT2D eigenvalue weighted by Gasteiger charge is -2.33. The van der Waals surface area contributed by atoms with Gasteiger partial charge in [-0.2, -0.15) is 0 Å². The first-order valence-corrected chi connectivity index (χ1v) is 33.1. The molecule has 4 aromatic rings. The number of nitrogens with two attached hydrogens (primary N) is 4. The number of carboxylic acids is 1. The Kier molecular flexibility index (Phi) is 27.4. The number of aromatic amines is 2. The summed E-state index contributed by atoms with van der Waals surface area (Å²) in [6.45, 7) is -3.56. The van der Waals surface area contributed by atoms with Crippen molar-refractivity contribution in [2.45, 2.75) is 75.4 Å². The van der Waals surface area contributed by atoms with Crippen molar-refractivity contribution >= 4 is 129 Å². The number of fused-ring (bicyclic) bond motifs is 2. The zero-order valence-corrected chi connectivity index (χ0v) is 50.3. The monoisotopic (exact) mass is 1420 g/mol. The molecule has 0 radical (unpaired) electrons. The van der Waals surface area contributed by atoms with Crippen LogP contribution >= 0.6 is 71.4 Å². The SMILES string of the molecule is C.NCCNC(=O)CO[C@H]1C(O)[C@@H](COP(=O)([O-])OP(=O)([O-])OP(=O)([O-])O)O[C@H]1n1cnc2c(=S)nc(N)[nH]c21.Nc1nc(=S)c2ncn([C@@H]3O[C@H](COP(=O)([O-])OP(=O)([O-])OP(=O)([O-])O)C(O)[C@@H]3OCC(=O)NCCNC(=O)C(N)CCC(=O)O)c2[nH]1. The minimum Gasteiger partial charge on any atom is -0.756 e. The number of aromatic nitrogens is 8. The van der Waals surface area contributed by atoms with E-state index in [1.165, 1.54) is 15.5 Å². The van der Waals surface area contributed by atoms with Gasteiger partial charge < -0.3 is 131 Å². The number of aliphatic hydroxyl groups is 2. The Hall–Kier alpha value is -4.48. The summed E-state index contributed by atoms with van der Waals surface area (Å²) in [6, 6.07) is -1.09. The minimum absolute atomic E-state index is 0. The lowest BCUT2D eigenvalue weighted by molar-refractivity contribution is -0.254. The Morgan fingerprint density at radius 3 is 1.43 bits per heavy atom. The van der Waals surface area contributed by atoms with Gasteiger partial charge in [-0.1, -0.05) is 31.9 Å². The van der Waals surface area contributed by atoms with E-state index in [4.69, 9.17) is 81.2 Å². The molecule has 0 spiro atoms. The third-order valence-corrected chi connectivity index (χ3v) is 18.7. The summed E-state index contributed by atoms with van der Waals surface area (Å²) in [7, 11) is -36.1. The number of imidazole rings is 2. The number of H-pyrrole nitrogens is 2. The second-order valence-electron chi connectivity index (χ2n) is 17.2. The van der Waals surface area contributed by atoms with Crippen LogP contribution in [0.5, 0.6) is 0 Å². The second-order valence-corrected chi connectivity index (χ2v) is 26.5. The molecule has 2 aliphatic heterocycles. The van der Waals surface area contributed by atoms with E-state index in [2.05, 4.69) is 72.1 Å². The molecule has 54 heteroatoms. The first kappa shape index (κ1) is 76.0. The van der Waals surface area contributed by atoms with E-state index >= 15 is 0 Å². The van der Waals surface area contributed by atoms with Crippen molar-refractivity contribution in [3.05, 3.63) is 21.9 Å². The van der Waals surface area contributed by atoms with Crippen LogP contribution in [0.2, 0.25) is 0 Å². The number of carbonyl (C=O) groups excluding carboxylic acids is 3. The fourth-order valence-electron chi connectivity index (χ4n) is 7.30. The van der Waals surface area contributed by atoms with Gasteiger partial charge in [-0.15, -0.1) is 0 Å². The molecular formula is C34H53N15O31P6S2-6. The Morgan fingerprint density at radius 1 is 0.670 bits per heavy atom. The highest BCUT2D eigenvalue weighted by molar-refractivity contribution is 7.71. The number of aliphatic carboxylic acids is 1. The molecule has 0 aliphatic carbocycles. The number of nitrogens with one attached hydrogen (secondary N) is 5. The maximum Gasteiger partial charge on any atom is 0.303 e. The molecule has 4 aromatic heterocycles. The van der Waals surface area contributed by atoms with Gasteiger partial charge in [0.1, 0.15) is 72.2 Å². The zero-order chi connectivity index (χ0) is 65.2. The molecule has 2 fully saturated rings. The van der Waals surface area contributed by atoms with E-state index in [-0.39, 0.29) is 90.0 Å². The number of hydrogen-bond donors (Lipinski definition) is 14. The fraction of sp³-hybridized carbons (Fsp3) is 0.588. The first-order chi connectivity index (χ1) is 40.2. The van der Waals surface area contributed by atoms with Gasteiger partial charge in [0.25, 0.3) is 46.9 Å². The molecule has 18 N–H and O–H groups in total. The standard InChI is InChI=1S/C19H31N8O17P3S.C14H24N7O14P3S.CH4/c20-8(1-2-11(29)30)16(32)23-4-3-22-10(28)6-40-14-13(31)9(5-41-46(36,37)44-47(38,39)43-45(33,34)35)42-18(14)27-7-24-12-15(27)25-19(21)26-17(12)48;15-1-2-17-7(22)4-31-10-9(23)6(3-32-37(27,28)35-38(29,30)34-36(24,25)26)33-13(10)21-5-18-8-11(21)19-14(16)20-12(8)39;/h7-9,13-14,18,31H,1-6,20H2,(H,22,28)(H,23,32)(H,29,30)(H,36,37)(H,38,39)(H2,33,34,35)(H3,21,25,26,48);5-6,9-10,13,23H,1-4,15H2,(H,17,22)(H,27,28)(H,29,30)(H2,24,25,26)(H3,16,19,20,39);1H4/p-6/t8?,9-,13?,14+,18-;6-,9?,10+,13-;/m11./s1. The molecular weight excluding hydrogens is 1360 g/mol. The number of carbonyl (C=O) groups is 4. The van der Waals surface area contributed by atoms with E-state index in [9.17, 15) is 86.1 Å². The second kappa shape index (κ2) is 31.7. The van der Waals surface area contributed by atoms with Gasteiger partial charge in [0, 0.05) is 32.6 Å². The molecule has 6 heterocycles. The van der Waals surface area contributed by atoms with E-state index in [0.717, 1.165) is 6.33 Å². The number of hydrogen-bond acceptors (Lipinski definition) is 38. The van der Waals surface area contributed by atoms with Crippen LogP contribution in [0.3, 0.4) is 0 Å². The normalized spacial score (nSPS) is 24.6. The summed E-state index contributed by atoms with van der Waals surface area (Å²) >= 11 is 10.2. The summed E-state index contributed by atoms with van der Waals surface area (Å²) in [5, 5.41) is 37.7. The van der Waals surface area contributed by atoms with Crippen LogP contribution in [0, 0.1) is 9.28 Å². The Bertz CT molecular complexity index is 3550. The zero-order valence-electron chi connectivity index (χ0n) is 43.3. The molecule has 0 aromatic carbocycles. The van der Waals surface area contributed by atoms with Gasteiger partial charge in [0.15, 0.2) is 33.6 Å². The minimum atomic E-state index is -6.21. The van der Waals surface area contributed by atoms with Gasteiger partial charge in [-0.25, -0.2) is 37.2 Å². The van der Waals surface area contributed by atoms with Crippen LogP contribution in [0.4, 0.5) is 11.9 Å². The van der Waals surface area contributed by atoms with E-state index in [1.54, 1.807) is 0 Å². The van der Waals surface area contributed by atoms with Gasteiger partial charge in [-0.3, -0.25) is 55.7 Å². The van der Waals surface area contributed by atoms with Crippen LogP contribution in [-0.4, -0.2) is 183 Å². The summed E-state index contributed by atoms with van der Waals surface area (Å²) in [5.41, 5.74) is 22.9. The molecule has 3 amide bonds. The van der Waals surface area contributed by atoms with Crippen LogP contribution in [0.25, 0.3) is 22.3 Å². The number of phosphoric ester groups is 2. The highest BCUT2D eigenvalue weighted by Crippen LogP contribution is 2.62. The van der Waals surface area contributed by atoms with E-state index in [1.807, 2.05) is 0 Å². The summed E-state index contributed by atoms with van der Waals surface area (Å²) in [4.78, 5) is 153. The summed E-state index contributed by atoms with van der Waals surface area (Å²) in [5.74, 6) is -3.42. The molecule has 498 valence electrons. The molecule has 2 saturated heterocycles. The largest absolute Gasteiger partial charge is 0.756 e. The quantitative estimate of drug-likeness (QED) is 0.0126. The Balaban J connectivity index is 0.000000380. The summed E-state index contributed by atoms with van der Waals surface area (Å²) < 4.78 is 115. The number of rotatable bonds is 31. The van der Waals surface area contributed by atoms with Gasteiger partial charge >= 0.3 is 5.97 Å². The summed E-state index contributed by atoms with van der Waals surface area (Å²) in [6.07, 6.45) is -10.5. The maximum absolute atomic E-state index is 12.5. The van der Waals surface area contributed by atoms with Gasteiger partial charge in [-0.05, 0) is 6.42 Å². The predicted molar refractivity (Wildman–Crippen MR) is 280 cm³/mol. The molecule has 88 heavy (non-hydrogen) atoms. The predicted octanol–water partition coefficient (Wildman–Crippen LogP) is -7.54. The van der Waals surface area contributed by atoms with Crippen molar-refractivity contribution in [2.75, 3.05) is 64.1 Å². The van der Waals surface area contributed by atoms with Crippen molar-refractivity contribution in [1.29, 1.82) is 0 Å². The van der Waals surface area contributed by atoms with Crippen molar-refractivity contribution < 1.29 is 146 Å². The number of aliphatic hydroxyl groups excluding tert-OH is 2. The topological polar surface area (TPSA) is 736 Å². The number of carboxylic acid groups (broad SMARTS) is 1. The molecule has 6 rings (SSSR count). The van der Waals surface area contributed by atoms with E-state index in [0.29, 0.717) is 0 Å². The van der Waals surface area contributed by atoms with Crippen LogP contribution in [0.1, 0.15) is 32.7 Å². The third kappa shape index (κ3) is 23.0. The van der Waals surface area contributed by atoms with Gasteiger partial charge in [0.05, 0.1) is 31.9 Å². The average molecular weight is 1420 g/mol. The van der Waals surface area contributed by atoms with Crippen molar-refractivity contribution in [3.8, 4) is 0 Å². The molecule has 9 unspecified atom stereocenters. The molecule has 46 nitrogen and oxygen atoms in total. The average Bonchev–Trinajstić information content (AvgIpc) is 2.35. The number of amides is 3. The number of phosphoric acid groups is 6. The Morgan fingerprint density at radius 2 is 1.06 bits per heavy atom. The smallest absolute Gasteiger partial charge is 0.303 e. The van der Waals surface area contributed by atoms with Crippen LogP contribution in [0.15, 0.2) is 12.7 Å². The van der Waals surface area contributed by atoms with Gasteiger partial charge in [0.2, 0.25) is 17.7 Å². The number of ether oxygens (including phenoxy) is 4. The van der Waals surface area contributed by atoms with Crippen LogP contribution < -0.4 is 68.2 Å². The van der Waals surface area contributed by atoms with Crippen molar-refractivity contribution in [1.82, 2.24) is 55.0 Å². The van der Waals surface area contributed by atoms with Crippen molar-refractivity contribution in [3.63, 3.8) is 0 Å². The number of nitrogen functional groups attached to an aromatic ring is 2. The maximum atomic E-state index is 12.5. The first-order valence-electron chi connectivity index (χ1n) is 23.5. The van der Waals surface area contributed by atoms with E-state index < -0.39 is 152 Å². The fourth-order valence-corrected chi connectivity index (χ4v) is 13.6. The molecule has 2 aliphatic rings. The highest BCUT2D eigenvalue weighted by Gasteiger charge is 2.49. The third-order valence-electron chi connectivity index (χ3n) is 10.7. The molecule has 15 atom stereocenters. The Labute approximate surface area is 501 Å².